The van der Waals surface area contributed by atoms with Gasteiger partial charge in [-0.25, -0.2) is 4.98 Å². The lowest BCUT2D eigenvalue weighted by Crippen LogP contribution is -2.19. The Balaban J connectivity index is 2.10. The average molecular weight is 262 g/mol. The summed E-state index contributed by atoms with van der Waals surface area (Å²) < 4.78 is 10.6. The molecule has 1 unspecified atom stereocenters. The Morgan fingerprint density at radius 2 is 2.16 bits per heavy atom. The molecule has 0 aliphatic heterocycles. The summed E-state index contributed by atoms with van der Waals surface area (Å²) in [6.45, 7) is 2.68. The Morgan fingerprint density at radius 3 is 2.79 bits per heavy atom. The van der Waals surface area contributed by atoms with Crippen molar-refractivity contribution in [3.8, 4) is 11.5 Å². The average Bonchev–Trinajstić information content (AvgIpc) is 2.97. The second-order valence-electron chi connectivity index (χ2n) is 4.14. The van der Waals surface area contributed by atoms with E-state index in [2.05, 4.69) is 27.4 Å². The maximum Gasteiger partial charge on any atom is 0.138 e. The van der Waals surface area contributed by atoms with Gasteiger partial charge in [-0.05, 0) is 25.1 Å². The second-order valence-corrected chi connectivity index (χ2v) is 4.14. The highest BCUT2D eigenvalue weighted by molar-refractivity contribution is 5.42. The van der Waals surface area contributed by atoms with Crippen LogP contribution >= 0.6 is 0 Å². The highest BCUT2D eigenvalue weighted by Crippen LogP contribution is 2.29. The number of aromatic nitrogens is 3. The number of aromatic amines is 1. The van der Waals surface area contributed by atoms with Crippen LogP contribution in [0.1, 0.15) is 24.4 Å². The molecule has 0 bridgehead atoms. The lowest BCUT2D eigenvalue weighted by Gasteiger charge is -2.17. The fourth-order valence-corrected chi connectivity index (χ4v) is 1.85. The molecule has 0 fully saturated rings. The number of methoxy groups -OCH3 is 2. The quantitative estimate of drug-likeness (QED) is 0.828. The fourth-order valence-electron chi connectivity index (χ4n) is 1.85. The Bertz CT molecular complexity index is 513. The summed E-state index contributed by atoms with van der Waals surface area (Å²) in [6, 6.07) is 5.86. The first kappa shape index (κ1) is 13.4. The van der Waals surface area contributed by atoms with E-state index in [-0.39, 0.29) is 6.04 Å². The first-order chi connectivity index (χ1) is 9.24. The van der Waals surface area contributed by atoms with Crippen molar-refractivity contribution < 1.29 is 9.47 Å². The summed E-state index contributed by atoms with van der Waals surface area (Å²) >= 11 is 0. The zero-order chi connectivity index (χ0) is 13.7. The summed E-state index contributed by atoms with van der Waals surface area (Å²) in [4.78, 5) is 4.07. The lowest BCUT2D eigenvalue weighted by molar-refractivity contribution is 0.391. The third-order valence-corrected chi connectivity index (χ3v) is 2.94. The molecule has 1 aromatic heterocycles. The Kier molecular flexibility index (Phi) is 4.35. The van der Waals surface area contributed by atoms with Crippen molar-refractivity contribution in [1.29, 1.82) is 0 Å². The van der Waals surface area contributed by atoms with Crippen molar-refractivity contribution in [2.24, 2.45) is 0 Å². The summed E-state index contributed by atoms with van der Waals surface area (Å²) in [5.74, 6) is 2.44. The van der Waals surface area contributed by atoms with Crippen molar-refractivity contribution >= 4 is 0 Å². The number of nitrogens with zero attached hydrogens (tertiary/aromatic N) is 2. The first-order valence-electron chi connectivity index (χ1n) is 6.04. The minimum atomic E-state index is 0.107. The van der Waals surface area contributed by atoms with Gasteiger partial charge in [-0.15, -0.1) is 0 Å². The molecular formula is C13H18N4O2. The molecule has 1 heterocycles. The number of nitrogens with one attached hydrogen (secondary N) is 2. The fraction of sp³-hybridized carbons (Fsp3) is 0.385. The lowest BCUT2D eigenvalue weighted by atomic mass is 10.1. The van der Waals surface area contributed by atoms with Gasteiger partial charge in [0.25, 0.3) is 0 Å². The van der Waals surface area contributed by atoms with Crippen molar-refractivity contribution in [1.82, 2.24) is 20.5 Å². The minimum Gasteiger partial charge on any atom is -0.497 e. The first-order valence-corrected chi connectivity index (χ1v) is 6.04. The zero-order valence-electron chi connectivity index (χ0n) is 11.3. The molecule has 0 radical (unpaired) electrons. The number of ether oxygens (including phenoxy) is 2. The molecule has 1 aromatic carbocycles. The Hall–Kier alpha value is -2.08. The van der Waals surface area contributed by atoms with Crippen LogP contribution in [0.2, 0.25) is 0 Å². The van der Waals surface area contributed by atoms with Crippen LogP contribution in [0.25, 0.3) is 0 Å². The highest BCUT2D eigenvalue weighted by Gasteiger charge is 2.12. The molecule has 0 aliphatic rings. The van der Waals surface area contributed by atoms with Gasteiger partial charge in [0.15, 0.2) is 0 Å². The normalized spacial score (nSPS) is 12.2. The standard InChI is InChI=1S/C13H18N4O2/c1-9(14-7-13-15-8-16-17-13)11-6-10(18-2)4-5-12(11)19-3/h4-6,8-9,14H,7H2,1-3H3,(H,15,16,17). The molecule has 0 saturated heterocycles. The van der Waals surface area contributed by atoms with E-state index in [4.69, 9.17) is 9.47 Å². The van der Waals surface area contributed by atoms with Gasteiger partial charge < -0.3 is 14.8 Å². The van der Waals surface area contributed by atoms with Gasteiger partial charge >= 0.3 is 0 Å². The number of H-pyrrole nitrogens is 1. The number of hydrogen-bond donors (Lipinski definition) is 2. The summed E-state index contributed by atoms with van der Waals surface area (Å²) in [5.41, 5.74) is 1.04. The molecule has 19 heavy (non-hydrogen) atoms. The molecule has 2 N–H and O–H groups in total. The van der Waals surface area contributed by atoms with Crippen LogP contribution in [0, 0.1) is 0 Å². The predicted octanol–water partition coefficient (Wildman–Crippen LogP) is 1.67. The van der Waals surface area contributed by atoms with Crippen molar-refractivity contribution in [2.45, 2.75) is 19.5 Å². The van der Waals surface area contributed by atoms with E-state index in [9.17, 15) is 0 Å². The topological polar surface area (TPSA) is 72.1 Å². The summed E-state index contributed by atoms with van der Waals surface area (Å²) in [5, 5.41) is 9.99. The van der Waals surface area contributed by atoms with E-state index in [1.165, 1.54) is 6.33 Å². The maximum absolute atomic E-state index is 5.37. The van der Waals surface area contributed by atoms with E-state index < -0.39 is 0 Å². The third kappa shape index (κ3) is 3.23. The largest absolute Gasteiger partial charge is 0.497 e. The van der Waals surface area contributed by atoms with Gasteiger partial charge in [0, 0.05) is 11.6 Å². The van der Waals surface area contributed by atoms with Crippen molar-refractivity contribution in [2.75, 3.05) is 14.2 Å². The van der Waals surface area contributed by atoms with Gasteiger partial charge in [0.05, 0.1) is 20.8 Å². The van der Waals surface area contributed by atoms with E-state index in [1.807, 2.05) is 18.2 Å². The molecule has 6 heteroatoms. The number of rotatable bonds is 6. The van der Waals surface area contributed by atoms with Crippen LogP contribution in [0.15, 0.2) is 24.5 Å². The molecule has 0 saturated carbocycles. The summed E-state index contributed by atoms with van der Waals surface area (Å²) in [7, 11) is 3.31. The smallest absolute Gasteiger partial charge is 0.138 e. The maximum atomic E-state index is 5.37. The van der Waals surface area contributed by atoms with Gasteiger partial charge in [0.1, 0.15) is 23.7 Å². The van der Waals surface area contributed by atoms with Crippen LogP contribution in [-0.2, 0) is 6.54 Å². The minimum absolute atomic E-state index is 0.107. The summed E-state index contributed by atoms with van der Waals surface area (Å²) in [6.07, 6.45) is 1.49. The van der Waals surface area contributed by atoms with E-state index in [0.717, 1.165) is 22.9 Å². The molecule has 1 atom stereocenters. The predicted molar refractivity (Wildman–Crippen MR) is 71.2 cm³/mol. The number of hydrogen-bond acceptors (Lipinski definition) is 5. The van der Waals surface area contributed by atoms with Gasteiger partial charge in [0.2, 0.25) is 0 Å². The zero-order valence-corrected chi connectivity index (χ0v) is 11.3. The molecule has 2 aromatic rings. The molecule has 6 nitrogen and oxygen atoms in total. The molecule has 0 amide bonds. The van der Waals surface area contributed by atoms with Crippen LogP contribution in [0.5, 0.6) is 11.5 Å². The van der Waals surface area contributed by atoms with E-state index >= 15 is 0 Å². The third-order valence-electron chi connectivity index (χ3n) is 2.94. The van der Waals surface area contributed by atoms with Gasteiger partial charge in [-0.1, -0.05) is 0 Å². The van der Waals surface area contributed by atoms with Crippen molar-refractivity contribution in [3.05, 3.63) is 35.9 Å². The van der Waals surface area contributed by atoms with Crippen LogP contribution in [0.4, 0.5) is 0 Å². The number of benzene rings is 1. The monoisotopic (exact) mass is 262 g/mol. The SMILES string of the molecule is COc1ccc(OC)c(C(C)NCc2ncn[nH]2)c1. The van der Waals surface area contributed by atoms with Crippen molar-refractivity contribution in [3.63, 3.8) is 0 Å². The Morgan fingerprint density at radius 1 is 1.32 bits per heavy atom. The van der Waals surface area contributed by atoms with E-state index in [1.54, 1.807) is 14.2 Å². The molecule has 0 aliphatic carbocycles. The van der Waals surface area contributed by atoms with E-state index in [0.29, 0.717) is 6.54 Å². The Labute approximate surface area is 112 Å². The molecule has 102 valence electrons. The molecule has 0 spiro atoms. The molecular weight excluding hydrogens is 244 g/mol. The second kappa shape index (κ2) is 6.19. The highest BCUT2D eigenvalue weighted by atomic mass is 16.5. The van der Waals surface area contributed by atoms with Crippen LogP contribution in [-0.4, -0.2) is 29.4 Å². The van der Waals surface area contributed by atoms with Gasteiger partial charge in [-0.3, -0.25) is 5.10 Å². The van der Waals surface area contributed by atoms with Crippen LogP contribution in [0.3, 0.4) is 0 Å². The molecule has 2 rings (SSSR count). The van der Waals surface area contributed by atoms with Gasteiger partial charge in [-0.2, -0.15) is 5.10 Å². The van der Waals surface area contributed by atoms with Crippen LogP contribution < -0.4 is 14.8 Å².